The van der Waals surface area contributed by atoms with Crippen molar-refractivity contribution in [2.24, 2.45) is 17.1 Å². The maximum atomic E-state index is 5.92. The average Bonchev–Trinajstić information content (AvgIpc) is 2.20. The van der Waals surface area contributed by atoms with Crippen molar-refractivity contribution < 1.29 is 0 Å². The van der Waals surface area contributed by atoms with Gasteiger partial charge in [0.25, 0.3) is 0 Å². The van der Waals surface area contributed by atoms with Gasteiger partial charge in [0, 0.05) is 38.8 Å². The van der Waals surface area contributed by atoms with Gasteiger partial charge in [-0.05, 0) is 18.4 Å². The fourth-order valence-corrected chi connectivity index (χ4v) is 2.91. The van der Waals surface area contributed by atoms with E-state index in [2.05, 4.69) is 44.5 Å². The monoisotopic (exact) mass is 227 g/mol. The molecule has 0 amide bonds. The summed E-state index contributed by atoms with van der Waals surface area (Å²) in [4.78, 5) is 5.02. The number of nitrogens with zero attached hydrogens (tertiary/aromatic N) is 2. The Morgan fingerprint density at radius 3 is 2.44 bits per heavy atom. The van der Waals surface area contributed by atoms with Crippen molar-refractivity contribution >= 4 is 0 Å². The first-order valence-electron chi connectivity index (χ1n) is 6.47. The number of hydrogen-bond acceptors (Lipinski definition) is 3. The van der Waals surface area contributed by atoms with Crippen LogP contribution in [0.15, 0.2) is 0 Å². The lowest BCUT2D eigenvalue weighted by Crippen LogP contribution is -2.47. The van der Waals surface area contributed by atoms with Crippen LogP contribution in [0.1, 0.15) is 27.7 Å². The van der Waals surface area contributed by atoms with Crippen molar-refractivity contribution in [3.05, 3.63) is 0 Å². The van der Waals surface area contributed by atoms with E-state index in [1.54, 1.807) is 0 Å². The number of rotatable bonds is 3. The van der Waals surface area contributed by atoms with Gasteiger partial charge in [-0.2, -0.15) is 0 Å². The Hall–Kier alpha value is -0.120. The van der Waals surface area contributed by atoms with Crippen LogP contribution in [0.25, 0.3) is 0 Å². The molecule has 0 radical (unpaired) electrons. The SMILES string of the molecule is CC(C)CN1CC(C)(C)CN(C)CC1CN. The van der Waals surface area contributed by atoms with Gasteiger partial charge in [0.2, 0.25) is 0 Å². The van der Waals surface area contributed by atoms with E-state index in [4.69, 9.17) is 5.73 Å². The van der Waals surface area contributed by atoms with Gasteiger partial charge < -0.3 is 10.6 Å². The summed E-state index contributed by atoms with van der Waals surface area (Å²) in [6, 6.07) is 0.522. The van der Waals surface area contributed by atoms with Gasteiger partial charge in [0.1, 0.15) is 0 Å². The van der Waals surface area contributed by atoms with Gasteiger partial charge in [-0.15, -0.1) is 0 Å². The Morgan fingerprint density at radius 1 is 1.31 bits per heavy atom. The van der Waals surface area contributed by atoms with E-state index in [-0.39, 0.29) is 0 Å². The van der Waals surface area contributed by atoms with E-state index in [0.717, 1.165) is 26.2 Å². The van der Waals surface area contributed by atoms with E-state index in [9.17, 15) is 0 Å². The lowest BCUT2D eigenvalue weighted by atomic mass is 9.92. The van der Waals surface area contributed by atoms with E-state index in [1.165, 1.54) is 6.54 Å². The molecule has 1 atom stereocenters. The summed E-state index contributed by atoms with van der Waals surface area (Å²) in [5.74, 6) is 0.716. The van der Waals surface area contributed by atoms with Crippen LogP contribution in [0.4, 0.5) is 0 Å². The van der Waals surface area contributed by atoms with Crippen molar-refractivity contribution in [3.63, 3.8) is 0 Å². The second kappa shape index (κ2) is 5.48. The molecule has 1 aliphatic heterocycles. The fourth-order valence-electron chi connectivity index (χ4n) is 2.91. The highest BCUT2D eigenvalue weighted by Gasteiger charge is 2.32. The Labute approximate surface area is 101 Å². The van der Waals surface area contributed by atoms with E-state index in [1.807, 2.05) is 0 Å². The van der Waals surface area contributed by atoms with Crippen LogP contribution in [0.2, 0.25) is 0 Å². The summed E-state index contributed by atoms with van der Waals surface area (Å²) in [6.45, 7) is 14.7. The van der Waals surface area contributed by atoms with Crippen LogP contribution in [0.3, 0.4) is 0 Å². The third-order valence-electron chi connectivity index (χ3n) is 3.24. The molecular weight excluding hydrogens is 198 g/mol. The predicted octanol–water partition coefficient (Wildman–Crippen LogP) is 1.24. The summed E-state index contributed by atoms with van der Waals surface area (Å²) in [5, 5.41) is 0. The number of hydrogen-bond donors (Lipinski definition) is 1. The highest BCUT2D eigenvalue weighted by Crippen LogP contribution is 2.24. The van der Waals surface area contributed by atoms with Gasteiger partial charge in [0.05, 0.1) is 0 Å². The van der Waals surface area contributed by atoms with Gasteiger partial charge >= 0.3 is 0 Å². The molecule has 3 nitrogen and oxygen atoms in total. The van der Waals surface area contributed by atoms with Gasteiger partial charge in [-0.25, -0.2) is 0 Å². The molecular formula is C13H29N3. The topological polar surface area (TPSA) is 32.5 Å². The van der Waals surface area contributed by atoms with E-state index >= 15 is 0 Å². The molecule has 16 heavy (non-hydrogen) atoms. The van der Waals surface area contributed by atoms with Crippen molar-refractivity contribution in [1.29, 1.82) is 0 Å². The zero-order chi connectivity index (χ0) is 12.3. The number of likely N-dealkylation sites (N-methyl/N-ethyl adjacent to an activating group) is 1. The van der Waals surface area contributed by atoms with Crippen LogP contribution >= 0.6 is 0 Å². The second-order valence-electron chi connectivity index (χ2n) is 6.57. The molecule has 0 aromatic rings. The van der Waals surface area contributed by atoms with Gasteiger partial charge in [-0.3, -0.25) is 4.90 Å². The smallest absolute Gasteiger partial charge is 0.0345 e. The molecule has 3 heteroatoms. The zero-order valence-corrected chi connectivity index (χ0v) is 11.7. The quantitative estimate of drug-likeness (QED) is 0.787. The van der Waals surface area contributed by atoms with Crippen molar-refractivity contribution in [2.75, 3.05) is 39.8 Å². The third-order valence-corrected chi connectivity index (χ3v) is 3.24. The molecule has 0 aliphatic carbocycles. The summed E-state index contributed by atoms with van der Waals surface area (Å²) in [6.07, 6.45) is 0. The molecule has 0 spiro atoms. The fraction of sp³-hybridized carbons (Fsp3) is 1.00. The molecule has 1 aliphatic rings. The maximum absolute atomic E-state index is 5.92. The Morgan fingerprint density at radius 2 is 1.94 bits per heavy atom. The molecule has 96 valence electrons. The molecule has 1 saturated heterocycles. The summed E-state index contributed by atoms with van der Waals surface area (Å²) in [7, 11) is 2.21. The minimum absolute atomic E-state index is 0.369. The average molecular weight is 227 g/mol. The van der Waals surface area contributed by atoms with Crippen LogP contribution < -0.4 is 5.73 Å². The zero-order valence-electron chi connectivity index (χ0n) is 11.7. The Bertz CT molecular complexity index is 213. The minimum atomic E-state index is 0.369. The van der Waals surface area contributed by atoms with Crippen LogP contribution in [0, 0.1) is 11.3 Å². The molecule has 0 bridgehead atoms. The van der Waals surface area contributed by atoms with E-state index in [0.29, 0.717) is 17.4 Å². The van der Waals surface area contributed by atoms with Gasteiger partial charge in [-0.1, -0.05) is 27.7 Å². The maximum Gasteiger partial charge on any atom is 0.0345 e. The Kier molecular flexibility index (Phi) is 4.77. The standard InChI is InChI=1S/C13H29N3/c1-11(2)7-16-10-13(3,4)9-15(5)8-12(16)6-14/h11-12H,6-10,14H2,1-5H3. The molecule has 1 unspecified atom stereocenters. The minimum Gasteiger partial charge on any atom is -0.329 e. The molecule has 0 aromatic heterocycles. The first-order chi connectivity index (χ1) is 7.34. The summed E-state index contributed by atoms with van der Waals surface area (Å²) in [5.41, 5.74) is 6.29. The molecule has 1 fully saturated rings. The van der Waals surface area contributed by atoms with Crippen LogP contribution in [-0.2, 0) is 0 Å². The largest absolute Gasteiger partial charge is 0.329 e. The summed E-state index contributed by atoms with van der Waals surface area (Å²) >= 11 is 0. The highest BCUT2D eigenvalue weighted by atomic mass is 15.3. The van der Waals surface area contributed by atoms with Crippen molar-refractivity contribution in [1.82, 2.24) is 9.80 Å². The van der Waals surface area contributed by atoms with Crippen molar-refractivity contribution in [2.45, 2.75) is 33.7 Å². The normalized spacial score (nSPS) is 28.3. The highest BCUT2D eigenvalue weighted by molar-refractivity contribution is 4.87. The predicted molar refractivity (Wildman–Crippen MR) is 70.5 cm³/mol. The Balaban J connectivity index is 2.75. The van der Waals surface area contributed by atoms with Crippen molar-refractivity contribution in [3.8, 4) is 0 Å². The van der Waals surface area contributed by atoms with E-state index < -0.39 is 0 Å². The number of nitrogens with two attached hydrogens (primary N) is 1. The third kappa shape index (κ3) is 4.04. The molecule has 0 aromatic carbocycles. The molecule has 0 saturated carbocycles. The first-order valence-corrected chi connectivity index (χ1v) is 6.47. The lowest BCUT2D eigenvalue weighted by molar-refractivity contribution is 0.144. The molecule has 1 heterocycles. The van der Waals surface area contributed by atoms with Crippen LogP contribution in [-0.4, -0.2) is 55.6 Å². The second-order valence-corrected chi connectivity index (χ2v) is 6.57. The first kappa shape index (κ1) is 13.9. The lowest BCUT2D eigenvalue weighted by Gasteiger charge is -2.34. The van der Waals surface area contributed by atoms with Gasteiger partial charge in [0.15, 0.2) is 0 Å². The molecule has 2 N–H and O–H groups in total. The summed E-state index contributed by atoms with van der Waals surface area (Å²) < 4.78 is 0. The van der Waals surface area contributed by atoms with Crippen LogP contribution in [0.5, 0.6) is 0 Å². The molecule has 1 rings (SSSR count).